The van der Waals surface area contributed by atoms with Crippen LogP contribution >= 0.6 is 0 Å². The third-order valence-corrected chi connectivity index (χ3v) is 2.52. The molecular formula is C13H15N3O3. The molecule has 1 aromatic heterocycles. The molecule has 0 aliphatic rings. The Hall–Kier alpha value is -2.50. The monoisotopic (exact) mass is 261 g/mol. The zero-order valence-electron chi connectivity index (χ0n) is 10.8. The first-order valence-electron chi connectivity index (χ1n) is 5.75. The molecule has 0 atom stereocenters. The van der Waals surface area contributed by atoms with E-state index >= 15 is 0 Å². The van der Waals surface area contributed by atoms with Gasteiger partial charge in [0.2, 0.25) is 0 Å². The van der Waals surface area contributed by atoms with Crippen molar-refractivity contribution in [2.75, 3.05) is 19.0 Å². The van der Waals surface area contributed by atoms with Crippen LogP contribution in [0.4, 0.5) is 5.82 Å². The first kappa shape index (κ1) is 12.9. The topological polar surface area (TPSA) is 76.2 Å². The quantitative estimate of drug-likeness (QED) is 0.859. The van der Waals surface area contributed by atoms with Gasteiger partial charge in [0.05, 0.1) is 13.3 Å². The predicted molar refractivity (Wildman–Crippen MR) is 70.4 cm³/mol. The second-order valence-electron chi connectivity index (χ2n) is 3.94. The summed E-state index contributed by atoms with van der Waals surface area (Å²) < 4.78 is 10.4. The summed E-state index contributed by atoms with van der Waals surface area (Å²) in [6.45, 7) is 1.79. The number of aromatic nitrogens is 2. The maximum absolute atomic E-state index is 11.7. The van der Waals surface area contributed by atoms with Crippen molar-refractivity contribution in [2.45, 2.75) is 6.92 Å². The zero-order valence-corrected chi connectivity index (χ0v) is 10.8. The second kappa shape index (κ2) is 5.90. The Morgan fingerprint density at radius 3 is 2.58 bits per heavy atom. The molecule has 0 saturated heterocycles. The molecule has 0 radical (unpaired) electrons. The van der Waals surface area contributed by atoms with Gasteiger partial charge in [0.1, 0.15) is 17.3 Å². The summed E-state index contributed by atoms with van der Waals surface area (Å²) in [6, 6.07) is 7.03. The smallest absolute Gasteiger partial charge is 0.263 e. The van der Waals surface area contributed by atoms with E-state index in [1.165, 1.54) is 0 Å². The van der Waals surface area contributed by atoms with Gasteiger partial charge in [0.25, 0.3) is 5.91 Å². The van der Waals surface area contributed by atoms with Gasteiger partial charge in [-0.15, -0.1) is 0 Å². The van der Waals surface area contributed by atoms with Crippen molar-refractivity contribution in [3.8, 4) is 11.5 Å². The van der Waals surface area contributed by atoms with Crippen LogP contribution in [0.5, 0.6) is 11.5 Å². The van der Waals surface area contributed by atoms with Crippen LogP contribution in [-0.2, 0) is 4.79 Å². The Labute approximate surface area is 110 Å². The van der Waals surface area contributed by atoms with E-state index in [9.17, 15) is 4.79 Å². The highest BCUT2D eigenvalue weighted by molar-refractivity contribution is 5.91. The van der Waals surface area contributed by atoms with Crippen LogP contribution in [0.3, 0.4) is 0 Å². The fourth-order valence-corrected chi connectivity index (χ4v) is 1.47. The number of aromatic amines is 1. The number of nitrogens with one attached hydrogen (secondary N) is 2. The zero-order chi connectivity index (χ0) is 13.7. The molecule has 19 heavy (non-hydrogen) atoms. The van der Waals surface area contributed by atoms with E-state index in [-0.39, 0.29) is 12.5 Å². The molecule has 100 valence electrons. The molecule has 0 aliphatic heterocycles. The standard InChI is InChI=1S/C13H15N3O3/c1-9-7-14-16-13(9)15-12(17)8-19-11-5-3-10(18-2)4-6-11/h3-7H,8H2,1-2H3,(H2,14,15,16,17). The molecule has 2 N–H and O–H groups in total. The van der Waals surface area contributed by atoms with Crippen LogP contribution in [0, 0.1) is 6.92 Å². The van der Waals surface area contributed by atoms with Gasteiger partial charge in [0.15, 0.2) is 6.61 Å². The Morgan fingerprint density at radius 1 is 1.32 bits per heavy atom. The molecule has 6 heteroatoms. The minimum absolute atomic E-state index is 0.0647. The van der Waals surface area contributed by atoms with E-state index in [1.54, 1.807) is 37.6 Å². The molecule has 6 nitrogen and oxygen atoms in total. The number of aryl methyl sites for hydroxylation is 1. The lowest BCUT2D eigenvalue weighted by atomic mass is 10.3. The molecule has 2 aromatic rings. The summed E-state index contributed by atoms with van der Waals surface area (Å²) in [6.07, 6.45) is 1.64. The maximum Gasteiger partial charge on any atom is 0.263 e. The summed E-state index contributed by atoms with van der Waals surface area (Å²) in [5.41, 5.74) is 0.873. The largest absolute Gasteiger partial charge is 0.497 e. The fraction of sp³-hybridized carbons (Fsp3) is 0.231. The van der Waals surface area contributed by atoms with Gasteiger partial charge >= 0.3 is 0 Å². The van der Waals surface area contributed by atoms with Gasteiger partial charge in [-0.05, 0) is 31.2 Å². The van der Waals surface area contributed by atoms with E-state index in [1.807, 2.05) is 6.92 Å². The summed E-state index contributed by atoms with van der Waals surface area (Å²) in [7, 11) is 1.59. The highest BCUT2D eigenvalue weighted by Crippen LogP contribution is 2.17. The normalized spacial score (nSPS) is 10.0. The van der Waals surface area contributed by atoms with E-state index in [4.69, 9.17) is 9.47 Å². The lowest BCUT2D eigenvalue weighted by Gasteiger charge is -2.07. The van der Waals surface area contributed by atoms with Gasteiger partial charge in [-0.3, -0.25) is 9.89 Å². The van der Waals surface area contributed by atoms with Crippen molar-refractivity contribution >= 4 is 11.7 Å². The molecule has 1 amide bonds. The van der Waals surface area contributed by atoms with E-state index in [0.29, 0.717) is 11.6 Å². The van der Waals surface area contributed by atoms with Crippen LogP contribution in [0.25, 0.3) is 0 Å². The van der Waals surface area contributed by atoms with Crippen molar-refractivity contribution in [2.24, 2.45) is 0 Å². The SMILES string of the molecule is COc1ccc(OCC(=O)Nc2[nH]ncc2C)cc1. The summed E-state index contributed by atoms with van der Waals surface area (Å²) in [4.78, 5) is 11.7. The van der Waals surface area contributed by atoms with E-state index < -0.39 is 0 Å². The molecule has 0 fully saturated rings. The van der Waals surface area contributed by atoms with Gasteiger partial charge in [0, 0.05) is 5.56 Å². The lowest BCUT2D eigenvalue weighted by molar-refractivity contribution is -0.118. The molecule has 0 saturated carbocycles. The Balaban J connectivity index is 1.84. The third-order valence-electron chi connectivity index (χ3n) is 2.52. The van der Waals surface area contributed by atoms with E-state index in [0.717, 1.165) is 11.3 Å². The summed E-state index contributed by atoms with van der Waals surface area (Å²) >= 11 is 0. The molecule has 0 bridgehead atoms. The molecule has 0 unspecified atom stereocenters. The number of anilines is 1. The summed E-state index contributed by atoms with van der Waals surface area (Å²) in [5, 5.41) is 9.19. The fourth-order valence-electron chi connectivity index (χ4n) is 1.47. The van der Waals surface area contributed by atoms with Crippen LogP contribution in [0.1, 0.15) is 5.56 Å². The van der Waals surface area contributed by atoms with E-state index in [2.05, 4.69) is 15.5 Å². The Kier molecular flexibility index (Phi) is 4.02. The summed E-state index contributed by atoms with van der Waals surface area (Å²) in [5.74, 6) is 1.69. The maximum atomic E-state index is 11.7. The molecule has 1 aromatic carbocycles. The third kappa shape index (κ3) is 3.48. The first-order chi connectivity index (χ1) is 9.19. The minimum Gasteiger partial charge on any atom is -0.497 e. The molecule has 0 spiro atoms. The number of ether oxygens (including phenoxy) is 2. The number of carbonyl (C=O) groups is 1. The van der Waals surface area contributed by atoms with Crippen molar-refractivity contribution < 1.29 is 14.3 Å². The van der Waals surface area contributed by atoms with Crippen LogP contribution < -0.4 is 14.8 Å². The second-order valence-corrected chi connectivity index (χ2v) is 3.94. The Bertz CT molecular complexity index is 549. The number of amides is 1. The van der Waals surface area contributed by atoms with Crippen molar-refractivity contribution in [1.82, 2.24) is 10.2 Å². The lowest BCUT2D eigenvalue weighted by Crippen LogP contribution is -2.20. The highest BCUT2D eigenvalue weighted by atomic mass is 16.5. The molecule has 2 rings (SSSR count). The van der Waals surface area contributed by atoms with Gasteiger partial charge in [-0.1, -0.05) is 0 Å². The number of benzene rings is 1. The van der Waals surface area contributed by atoms with Gasteiger partial charge in [-0.2, -0.15) is 5.10 Å². The highest BCUT2D eigenvalue weighted by Gasteiger charge is 2.07. The molecule has 1 heterocycles. The molecule has 0 aliphatic carbocycles. The van der Waals surface area contributed by atoms with Crippen molar-refractivity contribution in [3.63, 3.8) is 0 Å². The van der Waals surface area contributed by atoms with Crippen LogP contribution in [-0.4, -0.2) is 29.8 Å². The number of hydrogen-bond donors (Lipinski definition) is 2. The number of rotatable bonds is 5. The van der Waals surface area contributed by atoms with Crippen LogP contribution in [0.15, 0.2) is 30.5 Å². The molecular weight excluding hydrogens is 246 g/mol. The average molecular weight is 261 g/mol. The number of nitrogens with zero attached hydrogens (tertiary/aromatic N) is 1. The number of hydrogen-bond acceptors (Lipinski definition) is 4. The van der Waals surface area contributed by atoms with Gasteiger partial charge < -0.3 is 14.8 Å². The number of H-pyrrole nitrogens is 1. The average Bonchev–Trinajstić information content (AvgIpc) is 2.82. The Morgan fingerprint density at radius 2 is 2.00 bits per heavy atom. The van der Waals surface area contributed by atoms with Gasteiger partial charge in [-0.25, -0.2) is 0 Å². The van der Waals surface area contributed by atoms with Crippen molar-refractivity contribution in [3.05, 3.63) is 36.0 Å². The van der Waals surface area contributed by atoms with Crippen molar-refractivity contribution in [1.29, 1.82) is 0 Å². The first-order valence-corrected chi connectivity index (χ1v) is 5.75. The number of carbonyl (C=O) groups excluding carboxylic acids is 1. The predicted octanol–water partition coefficient (Wildman–Crippen LogP) is 1.74. The number of methoxy groups -OCH3 is 1. The van der Waals surface area contributed by atoms with Crippen LogP contribution in [0.2, 0.25) is 0 Å². The minimum atomic E-state index is -0.247.